The second-order valence-electron chi connectivity index (χ2n) is 5.59. The number of nitrogens with one attached hydrogen (secondary N) is 1. The van der Waals surface area contributed by atoms with E-state index in [2.05, 4.69) is 21.2 Å². The molecule has 1 amide bonds. The van der Waals surface area contributed by atoms with E-state index >= 15 is 0 Å². The Labute approximate surface area is 130 Å². The average Bonchev–Trinajstić information content (AvgIpc) is 2.38. The summed E-state index contributed by atoms with van der Waals surface area (Å²) in [6.07, 6.45) is 2.86. The Kier molecular flexibility index (Phi) is 7.24. The van der Waals surface area contributed by atoms with Gasteiger partial charge in [0.05, 0.1) is 6.04 Å². The molecule has 0 bridgehead atoms. The van der Waals surface area contributed by atoms with Crippen LogP contribution in [0, 0.1) is 5.92 Å². The van der Waals surface area contributed by atoms with Crippen molar-refractivity contribution < 1.29 is 4.79 Å². The van der Waals surface area contributed by atoms with Gasteiger partial charge in [0.25, 0.3) is 0 Å². The number of amides is 1. The third kappa shape index (κ3) is 6.06. The minimum absolute atomic E-state index is 0.0338. The standard InChI is InChI=1S/C16H25BrN2O/c1-11(5-4-6-12(2)18)16(20)19-13(3)14-7-9-15(17)10-8-14/h7-13H,4-6,18H2,1-3H3,(H,19,20)/t11?,12?,13-/m0/s1. The maximum atomic E-state index is 12.1. The zero-order chi connectivity index (χ0) is 15.1. The second kappa shape index (κ2) is 8.42. The first-order valence-corrected chi connectivity index (χ1v) is 8.01. The number of nitrogens with two attached hydrogens (primary N) is 1. The van der Waals surface area contributed by atoms with E-state index in [1.165, 1.54) is 0 Å². The van der Waals surface area contributed by atoms with Crippen molar-refractivity contribution in [2.24, 2.45) is 11.7 Å². The Hall–Kier alpha value is -0.870. The highest BCUT2D eigenvalue weighted by Gasteiger charge is 2.16. The van der Waals surface area contributed by atoms with Gasteiger partial charge >= 0.3 is 0 Å². The third-order valence-corrected chi connectivity index (χ3v) is 4.00. The highest BCUT2D eigenvalue weighted by Crippen LogP contribution is 2.17. The number of hydrogen-bond donors (Lipinski definition) is 2. The third-order valence-electron chi connectivity index (χ3n) is 3.47. The van der Waals surface area contributed by atoms with Crippen LogP contribution in [0.4, 0.5) is 0 Å². The minimum Gasteiger partial charge on any atom is -0.349 e. The molecule has 0 radical (unpaired) electrons. The van der Waals surface area contributed by atoms with Gasteiger partial charge in [-0.05, 0) is 44.4 Å². The van der Waals surface area contributed by atoms with E-state index in [0.717, 1.165) is 29.3 Å². The first kappa shape index (κ1) is 17.2. The Morgan fingerprint density at radius 2 is 1.80 bits per heavy atom. The highest BCUT2D eigenvalue weighted by atomic mass is 79.9. The van der Waals surface area contributed by atoms with Crippen LogP contribution in [0.25, 0.3) is 0 Å². The van der Waals surface area contributed by atoms with Crippen LogP contribution in [0.3, 0.4) is 0 Å². The maximum absolute atomic E-state index is 12.1. The Balaban J connectivity index is 2.42. The zero-order valence-corrected chi connectivity index (χ0v) is 14.1. The molecule has 0 aliphatic rings. The van der Waals surface area contributed by atoms with Gasteiger partial charge in [-0.15, -0.1) is 0 Å². The van der Waals surface area contributed by atoms with Crippen molar-refractivity contribution in [3.63, 3.8) is 0 Å². The number of carbonyl (C=O) groups excluding carboxylic acids is 1. The Bertz CT molecular complexity index is 417. The normalized spacial score (nSPS) is 15.4. The molecule has 20 heavy (non-hydrogen) atoms. The van der Waals surface area contributed by atoms with Crippen LogP contribution < -0.4 is 11.1 Å². The summed E-state index contributed by atoms with van der Waals surface area (Å²) < 4.78 is 1.05. The van der Waals surface area contributed by atoms with Gasteiger partial charge in [0, 0.05) is 16.4 Å². The molecule has 1 aromatic rings. The highest BCUT2D eigenvalue weighted by molar-refractivity contribution is 9.10. The van der Waals surface area contributed by atoms with E-state index in [-0.39, 0.29) is 23.9 Å². The van der Waals surface area contributed by atoms with E-state index in [0.29, 0.717) is 0 Å². The van der Waals surface area contributed by atoms with Gasteiger partial charge in [0.2, 0.25) is 5.91 Å². The van der Waals surface area contributed by atoms with Crippen molar-refractivity contribution in [2.45, 2.75) is 52.1 Å². The second-order valence-corrected chi connectivity index (χ2v) is 6.51. The van der Waals surface area contributed by atoms with Gasteiger partial charge in [0.15, 0.2) is 0 Å². The van der Waals surface area contributed by atoms with E-state index in [1.54, 1.807) is 0 Å². The molecule has 3 atom stereocenters. The molecular formula is C16H25BrN2O. The van der Waals surface area contributed by atoms with Crippen LogP contribution in [0.5, 0.6) is 0 Å². The SMILES string of the molecule is CC(N)CCCC(C)C(=O)N[C@@H](C)c1ccc(Br)cc1. The van der Waals surface area contributed by atoms with Crippen LogP contribution in [-0.4, -0.2) is 11.9 Å². The molecule has 3 N–H and O–H groups in total. The van der Waals surface area contributed by atoms with Gasteiger partial charge in [-0.3, -0.25) is 4.79 Å². The lowest BCUT2D eigenvalue weighted by atomic mass is 10.0. The fourth-order valence-electron chi connectivity index (χ4n) is 2.07. The molecule has 0 spiro atoms. The maximum Gasteiger partial charge on any atom is 0.223 e. The fourth-order valence-corrected chi connectivity index (χ4v) is 2.33. The molecule has 3 nitrogen and oxygen atoms in total. The van der Waals surface area contributed by atoms with Crippen LogP contribution in [0.15, 0.2) is 28.7 Å². The van der Waals surface area contributed by atoms with E-state index < -0.39 is 0 Å². The molecule has 0 aromatic heterocycles. The lowest BCUT2D eigenvalue weighted by molar-refractivity contribution is -0.125. The van der Waals surface area contributed by atoms with Crippen LogP contribution >= 0.6 is 15.9 Å². The van der Waals surface area contributed by atoms with Crippen molar-refractivity contribution in [1.82, 2.24) is 5.32 Å². The summed E-state index contributed by atoms with van der Waals surface area (Å²) in [6.45, 7) is 5.99. The van der Waals surface area contributed by atoms with Crippen molar-refractivity contribution in [3.05, 3.63) is 34.3 Å². The molecule has 1 aromatic carbocycles. The predicted octanol–water partition coefficient (Wildman–Crippen LogP) is 3.78. The predicted molar refractivity (Wildman–Crippen MR) is 87.4 cm³/mol. The monoisotopic (exact) mass is 340 g/mol. The summed E-state index contributed by atoms with van der Waals surface area (Å²) >= 11 is 3.41. The van der Waals surface area contributed by atoms with Gasteiger partial charge in [-0.25, -0.2) is 0 Å². The molecule has 0 heterocycles. The average molecular weight is 341 g/mol. The number of benzene rings is 1. The lowest BCUT2D eigenvalue weighted by Crippen LogP contribution is -2.31. The van der Waals surface area contributed by atoms with Gasteiger partial charge in [-0.2, -0.15) is 0 Å². The largest absolute Gasteiger partial charge is 0.349 e. The first-order valence-electron chi connectivity index (χ1n) is 7.21. The summed E-state index contributed by atoms with van der Waals surface area (Å²) in [4.78, 5) is 12.1. The lowest BCUT2D eigenvalue weighted by Gasteiger charge is -2.18. The smallest absolute Gasteiger partial charge is 0.223 e. The van der Waals surface area contributed by atoms with Crippen LogP contribution in [0.1, 0.15) is 51.6 Å². The number of carbonyl (C=O) groups is 1. The molecule has 0 aliphatic heterocycles. The quantitative estimate of drug-likeness (QED) is 0.793. The van der Waals surface area contributed by atoms with Crippen LogP contribution in [0.2, 0.25) is 0 Å². The van der Waals surface area contributed by atoms with Crippen molar-refractivity contribution in [3.8, 4) is 0 Å². The van der Waals surface area contributed by atoms with Crippen LogP contribution in [-0.2, 0) is 4.79 Å². The van der Waals surface area contributed by atoms with Crippen molar-refractivity contribution >= 4 is 21.8 Å². The van der Waals surface area contributed by atoms with E-state index in [4.69, 9.17) is 5.73 Å². The summed E-state index contributed by atoms with van der Waals surface area (Å²) in [6, 6.07) is 8.28. The summed E-state index contributed by atoms with van der Waals surface area (Å²) in [5.41, 5.74) is 6.83. The number of hydrogen-bond acceptors (Lipinski definition) is 2. The molecule has 0 fully saturated rings. The number of rotatable bonds is 7. The summed E-state index contributed by atoms with van der Waals surface area (Å²) in [5, 5.41) is 3.07. The Morgan fingerprint density at radius 1 is 1.20 bits per heavy atom. The first-order chi connectivity index (χ1) is 9.40. The van der Waals surface area contributed by atoms with E-state index in [9.17, 15) is 4.79 Å². The molecular weight excluding hydrogens is 316 g/mol. The van der Waals surface area contributed by atoms with Gasteiger partial charge < -0.3 is 11.1 Å². The molecule has 112 valence electrons. The van der Waals surface area contributed by atoms with Gasteiger partial charge in [0.1, 0.15) is 0 Å². The topological polar surface area (TPSA) is 55.1 Å². The minimum atomic E-state index is 0.0338. The molecule has 0 saturated heterocycles. The molecule has 2 unspecified atom stereocenters. The van der Waals surface area contributed by atoms with Crippen molar-refractivity contribution in [2.75, 3.05) is 0 Å². The zero-order valence-electron chi connectivity index (χ0n) is 12.5. The summed E-state index contributed by atoms with van der Waals surface area (Å²) in [5.74, 6) is 0.150. The molecule has 0 aliphatic carbocycles. The fraction of sp³-hybridized carbons (Fsp3) is 0.562. The molecule has 0 saturated carbocycles. The van der Waals surface area contributed by atoms with Gasteiger partial charge in [-0.1, -0.05) is 41.4 Å². The van der Waals surface area contributed by atoms with Crippen molar-refractivity contribution in [1.29, 1.82) is 0 Å². The number of halogens is 1. The van der Waals surface area contributed by atoms with E-state index in [1.807, 2.05) is 45.0 Å². The molecule has 1 rings (SSSR count). The summed E-state index contributed by atoms with van der Waals surface area (Å²) in [7, 11) is 0. The molecule has 4 heteroatoms. The Morgan fingerprint density at radius 3 is 2.35 bits per heavy atom.